The van der Waals surface area contributed by atoms with Gasteiger partial charge in [-0.25, -0.2) is 0 Å². The Morgan fingerprint density at radius 3 is 2.29 bits per heavy atom. The van der Waals surface area contributed by atoms with Crippen LogP contribution in [0.4, 0.5) is 0 Å². The van der Waals surface area contributed by atoms with Crippen molar-refractivity contribution in [1.82, 2.24) is 0 Å². The molecule has 0 aliphatic heterocycles. The lowest BCUT2D eigenvalue weighted by Crippen LogP contribution is -2.10. The van der Waals surface area contributed by atoms with E-state index in [9.17, 15) is 5.11 Å². The minimum atomic E-state index is -0.763. The number of aliphatic hydroxyl groups excluding tert-OH is 1. The molecule has 5 heteroatoms. The molecule has 0 spiro atoms. The first-order valence-electron chi connectivity index (χ1n) is 6.42. The molecule has 0 saturated heterocycles. The molecule has 0 aliphatic rings. The first-order valence-corrected chi connectivity index (χ1v) is 6.80. The highest BCUT2D eigenvalue weighted by Gasteiger charge is 2.12. The van der Waals surface area contributed by atoms with Crippen LogP contribution < -0.4 is 14.2 Å². The third-order valence-corrected chi connectivity index (χ3v) is 3.27. The van der Waals surface area contributed by atoms with Crippen LogP contribution in [0.25, 0.3) is 0 Å². The van der Waals surface area contributed by atoms with Crippen molar-refractivity contribution in [3.8, 4) is 17.2 Å². The molecule has 1 unspecified atom stereocenters. The van der Waals surface area contributed by atoms with Crippen LogP contribution in [0.2, 0.25) is 5.02 Å². The molecule has 0 saturated carbocycles. The van der Waals surface area contributed by atoms with Crippen molar-refractivity contribution < 1.29 is 19.3 Å². The summed E-state index contributed by atoms with van der Waals surface area (Å²) >= 11 is 5.80. The first kappa shape index (κ1) is 15.5. The summed E-state index contributed by atoms with van der Waals surface area (Å²) in [6.45, 7) is 0.136. The summed E-state index contributed by atoms with van der Waals surface area (Å²) < 4.78 is 15.9. The van der Waals surface area contributed by atoms with E-state index < -0.39 is 6.10 Å². The SMILES string of the molecule is COc1ccc(C(O)COc2ccc(Cl)cc2)cc1OC. The van der Waals surface area contributed by atoms with E-state index in [0.717, 1.165) is 0 Å². The smallest absolute Gasteiger partial charge is 0.161 e. The second-order valence-electron chi connectivity index (χ2n) is 4.40. The monoisotopic (exact) mass is 308 g/mol. The van der Waals surface area contributed by atoms with Gasteiger partial charge in [0.25, 0.3) is 0 Å². The van der Waals surface area contributed by atoms with Crippen molar-refractivity contribution in [3.05, 3.63) is 53.1 Å². The van der Waals surface area contributed by atoms with Gasteiger partial charge in [0.05, 0.1) is 14.2 Å². The Balaban J connectivity index is 2.02. The number of aliphatic hydroxyl groups is 1. The van der Waals surface area contributed by atoms with E-state index in [4.69, 9.17) is 25.8 Å². The van der Waals surface area contributed by atoms with Gasteiger partial charge in [-0.1, -0.05) is 17.7 Å². The summed E-state index contributed by atoms with van der Waals surface area (Å²) in [5, 5.41) is 10.8. The average molecular weight is 309 g/mol. The molecule has 21 heavy (non-hydrogen) atoms. The summed E-state index contributed by atoms with van der Waals surface area (Å²) in [6.07, 6.45) is -0.763. The zero-order valence-electron chi connectivity index (χ0n) is 11.9. The molecule has 112 valence electrons. The molecular formula is C16H17ClO4. The maximum Gasteiger partial charge on any atom is 0.161 e. The van der Waals surface area contributed by atoms with Gasteiger partial charge >= 0.3 is 0 Å². The Hall–Kier alpha value is -1.91. The fourth-order valence-electron chi connectivity index (χ4n) is 1.86. The minimum Gasteiger partial charge on any atom is -0.493 e. The van der Waals surface area contributed by atoms with Crippen LogP contribution in [-0.2, 0) is 0 Å². The zero-order valence-corrected chi connectivity index (χ0v) is 12.6. The third kappa shape index (κ3) is 4.03. The summed E-state index contributed by atoms with van der Waals surface area (Å²) in [5.74, 6) is 1.84. The quantitative estimate of drug-likeness (QED) is 0.887. The van der Waals surface area contributed by atoms with Crippen LogP contribution in [-0.4, -0.2) is 25.9 Å². The lowest BCUT2D eigenvalue weighted by molar-refractivity contribution is 0.108. The number of benzene rings is 2. The zero-order chi connectivity index (χ0) is 15.2. The van der Waals surface area contributed by atoms with Gasteiger partial charge in [-0.3, -0.25) is 0 Å². The third-order valence-electron chi connectivity index (χ3n) is 3.01. The minimum absolute atomic E-state index is 0.136. The Bertz CT molecular complexity index is 583. The number of ether oxygens (including phenoxy) is 3. The van der Waals surface area contributed by atoms with Crippen molar-refractivity contribution in [3.63, 3.8) is 0 Å². The molecule has 4 nitrogen and oxygen atoms in total. The Labute approximate surface area is 128 Å². The Morgan fingerprint density at radius 2 is 1.67 bits per heavy atom. The maximum absolute atomic E-state index is 10.2. The van der Waals surface area contributed by atoms with Gasteiger partial charge in [0.1, 0.15) is 18.5 Å². The molecule has 0 fully saturated rings. The molecule has 0 aliphatic carbocycles. The van der Waals surface area contributed by atoms with Gasteiger partial charge in [-0.15, -0.1) is 0 Å². The maximum atomic E-state index is 10.2. The van der Waals surface area contributed by atoms with Crippen molar-refractivity contribution in [2.45, 2.75) is 6.10 Å². The summed E-state index contributed by atoms with van der Waals surface area (Å²) in [5.41, 5.74) is 0.696. The summed E-state index contributed by atoms with van der Waals surface area (Å²) in [4.78, 5) is 0. The van der Waals surface area contributed by atoms with Crippen LogP contribution in [0.3, 0.4) is 0 Å². The van der Waals surface area contributed by atoms with Gasteiger partial charge < -0.3 is 19.3 Å². The molecule has 1 atom stereocenters. The Morgan fingerprint density at radius 1 is 1.00 bits per heavy atom. The number of rotatable bonds is 6. The molecule has 0 heterocycles. The normalized spacial score (nSPS) is 11.8. The molecule has 0 bridgehead atoms. The van der Waals surface area contributed by atoms with Crippen LogP contribution in [0.5, 0.6) is 17.2 Å². The van der Waals surface area contributed by atoms with E-state index >= 15 is 0 Å². The molecule has 0 aromatic heterocycles. The first-order chi connectivity index (χ1) is 10.1. The number of hydrogen-bond acceptors (Lipinski definition) is 4. The molecular weight excluding hydrogens is 292 g/mol. The molecule has 2 aromatic rings. The molecule has 2 rings (SSSR count). The van der Waals surface area contributed by atoms with Crippen LogP contribution in [0.15, 0.2) is 42.5 Å². The number of methoxy groups -OCH3 is 2. The van der Waals surface area contributed by atoms with Crippen molar-refractivity contribution in [1.29, 1.82) is 0 Å². The van der Waals surface area contributed by atoms with E-state index in [0.29, 0.717) is 27.8 Å². The number of hydrogen-bond donors (Lipinski definition) is 1. The fourth-order valence-corrected chi connectivity index (χ4v) is 1.99. The second kappa shape index (κ2) is 7.20. The van der Waals surface area contributed by atoms with Crippen LogP contribution in [0, 0.1) is 0 Å². The fraction of sp³-hybridized carbons (Fsp3) is 0.250. The highest BCUT2D eigenvalue weighted by molar-refractivity contribution is 6.30. The van der Waals surface area contributed by atoms with E-state index in [1.165, 1.54) is 0 Å². The molecule has 0 amide bonds. The summed E-state index contributed by atoms with van der Waals surface area (Å²) in [7, 11) is 3.12. The molecule has 1 N–H and O–H groups in total. The van der Waals surface area contributed by atoms with Gasteiger partial charge in [0.15, 0.2) is 11.5 Å². The van der Waals surface area contributed by atoms with E-state index in [2.05, 4.69) is 0 Å². The predicted octanol–water partition coefficient (Wildman–Crippen LogP) is 3.47. The highest BCUT2D eigenvalue weighted by atomic mass is 35.5. The van der Waals surface area contributed by atoms with E-state index in [1.54, 1.807) is 56.7 Å². The molecule has 0 radical (unpaired) electrons. The standard InChI is InChI=1S/C16H17ClO4/c1-19-15-8-3-11(9-16(15)20-2)14(18)10-21-13-6-4-12(17)5-7-13/h3-9,14,18H,10H2,1-2H3. The van der Waals surface area contributed by atoms with E-state index in [1.807, 2.05) is 0 Å². The van der Waals surface area contributed by atoms with Crippen molar-refractivity contribution >= 4 is 11.6 Å². The number of halogens is 1. The van der Waals surface area contributed by atoms with Crippen molar-refractivity contribution in [2.24, 2.45) is 0 Å². The van der Waals surface area contributed by atoms with Gasteiger partial charge in [-0.2, -0.15) is 0 Å². The predicted molar refractivity (Wildman–Crippen MR) is 81.5 cm³/mol. The highest BCUT2D eigenvalue weighted by Crippen LogP contribution is 2.30. The second-order valence-corrected chi connectivity index (χ2v) is 4.83. The van der Waals surface area contributed by atoms with Crippen LogP contribution in [0.1, 0.15) is 11.7 Å². The average Bonchev–Trinajstić information content (AvgIpc) is 2.53. The molecule has 2 aromatic carbocycles. The van der Waals surface area contributed by atoms with Gasteiger partial charge in [0, 0.05) is 5.02 Å². The topological polar surface area (TPSA) is 47.9 Å². The van der Waals surface area contributed by atoms with Crippen LogP contribution >= 0.6 is 11.6 Å². The van der Waals surface area contributed by atoms with E-state index in [-0.39, 0.29) is 6.61 Å². The largest absolute Gasteiger partial charge is 0.493 e. The lowest BCUT2D eigenvalue weighted by atomic mass is 10.1. The van der Waals surface area contributed by atoms with Gasteiger partial charge in [-0.05, 0) is 42.0 Å². The summed E-state index contributed by atoms with van der Waals surface area (Å²) in [6, 6.07) is 12.2. The lowest BCUT2D eigenvalue weighted by Gasteiger charge is -2.15. The van der Waals surface area contributed by atoms with Gasteiger partial charge in [0.2, 0.25) is 0 Å². The van der Waals surface area contributed by atoms with Crippen molar-refractivity contribution in [2.75, 3.05) is 20.8 Å². The Kier molecular flexibility index (Phi) is 5.31.